The number of esters is 1. The molecule has 2 unspecified atom stereocenters. The van der Waals surface area contributed by atoms with E-state index in [1.165, 1.54) is 0 Å². The number of rotatable bonds is 7. The van der Waals surface area contributed by atoms with Crippen molar-refractivity contribution in [2.24, 2.45) is 11.3 Å². The van der Waals surface area contributed by atoms with Gasteiger partial charge in [-0.15, -0.1) is 0 Å². The van der Waals surface area contributed by atoms with E-state index in [-0.39, 0.29) is 17.8 Å². The van der Waals surface area contributed by atoms with Crippen molar-refractivity contribution in [2.75, 3.05) is 19.0 Å². The highest BCUT2D eigenvalue weighted by atomic mass is 16.5. The number of anilines is 1. The smallest absolute Gasteiger partial charge is 0.313 e. The Bertz CT molecular complexity index is 965. The Morgan fingerprint density at radius 2 is 2.03 bits per heavy atom. The van der Waals surface area contributed by atoms with Gasteiger partial charge >= 0.3 is 5.97 Å². The van der Waals surface area contributed by atoms with E-state index in [0.717, 1.165) is 34.6 Å². The van der Waals surface area contributed by atoms with Crippen molar-refractivity contribution in [3.05, 3.63) is 71.8 Å². The van der Waals surface area contributed by atoms with Crippen molar-refractivity contribution in [1.29, 1.82) is 0 Å². The Morgan fingerprint density at radius 3 is 2.80 bits per heavy atom. The predicted molar refractivity (Wildman–Crippen MR) is 115 cm³/mol. The van der Waals surface area contributed by atoms with Crippen molar-refractivity contribution in [2.45, 2.75) is 32.1 Å². The molecule has 1 aliphatic carbocycles. The van der Waals surface area contributed by atoms with Gasteiger partial charge < -0.3 is 14.8 Å². The summed E-state index contributed by atoms with van der Waals surface area (Å²) < 4.78 is 10.6. The van der Waals surface area contributed by atoms with Crippen LogP contribution in [0.15, 0.2) is 60.7 Å². The van der Waals surface area contributed by atoms with Gasteiger partial charge in [-0.3, -0.25) is 9.59 Å². The summed E-state index contributed by atoms with van der Waals surface area (Å²) in [7, 11) is 1.63. The average molecular weight is 405 g/mol. The zero-order valence-electron chi connectivity index (χ0n) is 17.3. The number of aryl methyl sites for hydroxylation is 1. The maximum atomic E-state index is 12.4. The molecule has 0 aromatic heterocycles. The lowest BCUT2D eigenvalue weighted by Crippen LogP contribution is -2.31. The molecule has 30 heavy (non-hydrogen) atoms. The standard InChI is InChI=1S/C25H27NO4/c1-17-12-20-16-30-24(28)25(20,14-17)15-19-6-9-21(10-7-19)26-23(27)11-8-18-4-3-5-22(13-18)29-2/h3-7,9-10,13,20H,1,8,11-12,14-16H2,2H3,(H,26,27). The maximum absolute atomic E-state index is 12.4. The largest absolute Gasteiger partial charge is 0.497 e. The highest BCUT2D eigenvalue weighted by molar-refractivity contribution is 5.90. The molecule has 1 heterocycles. The van der Waals surface area contributed by atoms with Crippen molar-refractivity contribution in [3.63, 3.8) is 0 Å². The van der Waals surface area contributed by atoms with Gasteiger partial charge in [-0.2, -0.15) is 0 Å². The molecule has 2 aliphatic rings. The minimum atomic E-state index is -0.460. The van der Waals surface area contributed by atoms with Gasteiger partial charge in [0, 0.05) is 18.0 Å². The van der Waals surface area contributed by atoms with Gasteiger partial charge in [-0.05, 0) is 61.1 Å². The first-order chi connectivity index (χ1) is 14.5. The van der Waals surface area contributed by atoms with Crippen molar-refractivity contribution in [3.8, 4) is 5.75 Å². The molecule has 1 saturated carbocycles. The number of allylic oxidation sites excluding steroid dienone is 1. The molecule has 2 aromatic carbocycles. The van der Waals surface area contributed by atoms with Gasteiger partial charge in [0.2, 0.25) is 5.91 Å². The van der Waals surface area contributed by atoms with Crippen LogP contribution in [0.4, 0.5) is 5.69 Å². The summed E-state index contributed by atoms with van der Waals surface area (Å²) >= 11 is 0. The number of hydrogen-bond donors (Lipinski definition) is 1. The quantitative estimate of drug-likeness (QED) is 0.550. The van der Waals surface area contributed by atoms with E-state index in [4.69, 9.17) is 9.47 Å². The van der Waals surface area contributed by atoms with Crippen LogP contribution in [0, 0.1) is 11.3 Å². The molecular weight excluding hydrogens is 378 g/mol. The summed E-state index contributed by atoms with van der Waals surface area (Å²) in [6, 6.07) is 15.5. The van der Waals surface area contributed by atoms with Crippen LogP contribution in [0.1, 0.15) is 30.4 Å². The molecule has 0 bridgehead atoms. The summed E-state index contributed by atoms with van der Waals surface area (Å²) in [6.07, 6.45) is 3.27. The molecule has 0 radical (unpaired) electrons. The van der Waals surface area contributed by atoms with Crippen molar-refractivity contribution >= 4 is 17.6 Å². The van der Waals surface area contributed by atoms with Gasteiger partial charge in [-0.1, -0.05) is 36.4 Å². The SMILES string of the molecule is C=C1CC2COC(=O)C2(Cc2ccc(NC(=O)CCc3cccc(OC)c3)cc2)C1. The Morgan fingerprint density at radius 1 is 1.23 bits per heavy atom. The molecule has 1 aliphatic heterocycles. The molecular formula is C25H27NO4. The first-order valence-electron chi connectivity index (χ1n) is 10.3. The van der Waals surface area contributed by atoms with Crippen molar-refractivity contribution < 1.29 is 19.1 Å². The molecule has 1 saturated heterocycles. The molecule has 2 aromatic rings. The highest BCUT2D eigenvalue weighted by Crippen LogP contribution is 2.52. The number of nitrogens with one attached hydrogen (secondary N) is 1. The van der Waals surface area contributed by atoms with Crippen molar-refractivity contribution in [1.82, 2.24) is 0 Å². The summed E-state index contributed by atoms with van der Waals surface area (Å²) in [5.74, 6) is 0.896. The van der Waals surface area contributed by atoms with Gasteiger partial charge in [-0.25, -0.2) is 0 Å². The zero-order chi connectivity index (χ0) is 21.1. The second kappa shape index (κ2) is 8.34. The molecule has 4 rings (SSSR count). The van der Waals surface area contributed by atoms with Crippen LogP contribution >= 0.6 is 0 Å². The summed E-state index contributed by atoms with van der Waals surface area (Å²) in [5, 5.41) is 2.95. The van der Waals surface area contributed by atoms with Gasteiger partial charge in [0.15, 0.2) is 0 Å². The number of amides is 1. The monoisotopic (exact) mass is 405 g/mol. The minimum absolute atomic E-state index is 0.0318. The second-order valence-electron chi connectivity index (χ2n) is 8.36. The van der Waals surface area contributed by atoms with Gasteiger partial charge in [0.05, 0.1) is 19.1 Å². The third kappa shape index (κ3) is 4.11. The summed E-state index contributed by atoms with van der Waals surface area (Å²) in [6.45, 7) is 4.59. The Kier molecular flexibility index (Phi) is 5.62. The Labute approximate surface area is 177 Å². The van der Waals surface area contributed by atoms with Crippen LogP contribution in [-0.4, -0.2) is 25.6 Å². The molecule has 156 valence electrons. The number of cyclic esters (lactones) is 1. The van der Waals surface area contributed by atoms with E-state index in [9.17, 15) is 9.59 Å². The summed E-state index contributed by atoms with van der Waals surface area (Å²) in [5.41, 5.74) is 3.57. The summed E-state index contributed by atoms with van der Waals surface area (Å²) in [4.78, 5) is 24.8. The molecule has 1 amide bonds. The fourth-order valence-corrected chi connectivity index (χ4v) is 4.64. The zero-order valence-corrected chi connectivity index (χ0v) is 17.3. The third-order valence-corrected chi connectivity index (χ3v) is 6.24. The van der Waals surface area contributed by atoms with E-state index >= 15 is 0 Å². The Balaban J connectivity index is 1.34. The average Bonchev–Trinajstić information content (AvgIpc) is 3.22. The van der Waals surface area contributed by atoms with Gasteiger partial charge in [0.25, 0.3) is 0 Å². The van der Waals surface area contributed by atoms with Crippen LogP contribution in [0.5, 0.6) is 5.75 Å². The first kappa shape index (κ1) is 20.2. The number of carbonyl (C=O) groups excluding carboxylic acids is 2. The minimum Gasteiger partial charge on any atom is -0.497 e. The third-order valence-electron chi connectivity index (χ3n) is 6.24. The van der Waals surface area contributed by atoms with Crippen LogP contribution in [0.3, 0.4) is 0 Å². The fraction of sp³-hybridized carbons (Fsp3) is 0.360. The topological polar surface area (TPSA) is 64.6 Å². The second-order valence-corrected chi connectivity index (χ2v) is 8.36. The lowest BCUT2D eigenvalue weighted by molar-refractivity contribution is -0.146. The molecule has 5 nitrogen and oxygen atoms in total. The molecule has 2 atom stereocenters. The van der Waals surface area contributed by atoms with E-state index in [1.807, 2.05) is 48.5 Å². The van der Waals surface area contributed by atoms with E-state index in [2.05, 4.69) is 11.9 Å². The fourth-order valence-electron chi connectivity index (χ4n) is 4.64. The number of carbonyl (C=O) groups is 2. The van der Waals surface area contributed by atoms with Crippen LogP contribution in [0.25, 0.3) is 0 Å². The number of fused-ring (bicyclic) bond motifs is 1. The molecule has 1 N–H and O–H groups in total. The molecule has 5 heteroatoms. The number of hydrogen-bond acceptors (Lipinski definition) is 4. The van der Waals surface area contributed by atoms with E-state index < -0.39 is 5.41 Å². The lowest BCUT2D eigenvalue weighted by Gasteiger charge is -2.24. The molecule has 0 spiro atoms. The highest BCUT2D eigenvalue weighted by Gasteiger charge is 2.55. The number of methoxy groups -OCH3 is 1. The van der Waals surface area contributed by atoms with E-state index in [0.29, 0.717) is 32.3 Å². The first-order valence-corrected chi connectivity index (χ1v) is 10.3. The maximum Gasteiger partial charge on any atom is 0.313 e. The van der Waals surface area contributed by atoms with Crippen LogP contribution in [0.2, 0.25) is 0 Å². The van der Waals surface area contributed by atoms with Crippen LogP contribution in [-0.2, 0) is 27.2 Å². The predicted octanol–water partition coefficient (Wildman–Crippen LogP) is 4.32. The normalized spacial score (nSPS) is 22.5. The lowest BCUT2D eigenvalue weighted by atomic mass is 9.75. The molecule has 2 fully saturated rings. The Hall–Kier alpha value is -3.08. The number of ether oxygens (including phenoxy) is 2. The van der Waals surface area contributed by atoms with E-state index in [1.54, 1.807) is 7.11 Å². The number of benzene rings is 2. The van der Waals surface area contributed by atoms with Gasteiger partial charge in [0.1, 0.15) is 5.75 Å². The van der Waals surface area contributed by atoms with Crippen LogP contribution < -0.4 is 10.1 Å².